The van der Waals surface area contributed by atoms with E-state index in [1.165, 1.54) is 0 Å². The van der Waals surface area contributed by atoms with Crippen molar-refractivity contribution in [2.75, 3.05) is 11.4 Å². The molecule has 1 fully saturated rings. The summed E-state index contributed by atoms with van der Waals surface area (Å²) in [4.78, 5) is 26.5. The van der Waals surface area contributed by atoms with Crippen LogP contribution in [-0.4, -0.2) is 18.4 Å². The highest BCUT2D eigenvalue weighted by molar-refractivity contribution is 9.10. The maximum absolute atomic E-state index is 12.5. The van der Waals surface area contributed by atoms with Crippen LogP contribution >= 0.6 is 27.5 Å². The van der Waals surface area contributed by atoms with Gasteiger partial charge in [0, 0.05) is 28.3 Å². The quantitative estimate of drug-likeness (QED) is 0.784. The lowest BCUT2D eigenvalue weighted by molar-refractivity contribution is -0.132. The van der Waals surface area contributed by atoms with Crippen molar-refractivity contribution in [1.82, 2.24) is 5.32 Å². The van der Waals surface area contributed by atoms with Crippen molar-refractivity contribution in [2.24, 2.45) is 5.92 Å². The maximum Gasteiger partial charge on any atom is 0.239 e. The molecule has 1 atom stereocenters. The van der Waals surface area contributed by atoms with Crippen molar-refractivity contribution < 1.29 is 9.59 Å². The number of amides is 2. The van der Waals surface area contributed by atoms with E-state index in [0.717, 1.165) is 15.7 Å². The first kappa shape index (κ1) is 17.0. The number of hydrogen-bond donors (Lipinski definition) is 1. The minimum atomic E-state index is -0.632. The van der Waals surface area contributed by atoms with Crippen LogP contribution in [0.2, 0.25) is 5.02 Å². The van der Waals surface area contributed by atoms with Crippen LogP contribution in [0.3, 0.4) is 0 Å². The lowest BCUT2D eigenvalue weighted by atomic mass is 10.1. The molecule has 1 unspecified atom stereocenters. The van der Waals surface area contributed by atoms with E-state index in [0.29, 0.717) is 24.5 Å². The second-order valence-corrected chi connectivity index (χ2v) is 7.01. The second kappa shape index (κ2) is 7.36. The summed E-state index contributed by atoms with van der Waals surface area (Å²) in [6, 6.07) is 14.8. The van der Waals surface area contributed by atoms with Crippen molar-refractivity contribution in [1.29, 1.82) is 0 Å². The van der Waals surface area contributed by atoms with E-state index in [-0.39, 0.29) is 11.8 Å². The summed E-state index contributed by atoms with van der Waals surface area (Å²) in [6.07, 6.45) is 0.520. The number of halogens is 2. The van der Waals surface area contributed by atoms with E-state index in [2.05, 4.69) is 21.2 Å². The van der Waals surface area contributed by atoms with Gasteiger partial charge in [-0.2, -0.15) is 0 Å². The highest BCUT2D eigenvalue weighted by atomic mass is 79.9. The van der Waals surface area contributed by atoms with Crippen LogP contribution in [0.25, 0.3) is 0 Å². The number of rotatable bonds is 4. The number of anilines is 1. The zero-order valence-corrected chi connectivity index (χ0v) is 15.2. The molecule has 1 heterocycles. The first-order valence-corrected chi connectivity index (χ1v) is 8.81. The van der Waals surface area contributed by atoms with Crippen molar-refractivity contribution >= 4 is 45.0 Å². The molecular weight excluding hydrogens is 392 g/mol. The second-order valence-electron chi connectivity index (χ2n) is 5.66. The predicted molar refractivity (Wildman–Crippen MR) is 97.9 cm³/mol. The van der Waals surface area contributed by atoms with Gasteiger partial charge in [-0.05, 0) is 48.4 Å². The molecule has 2 aromatic carbocycles. The van der Waals surface area contributed by atoms with Crippen LogP contribution in [0.4, 0.5) is 5.69 Å². The van der Waals surface area contributed by atoms with Crippen LogP contribution in [0.1, 0.15) is 12.0 Å². The van der Waals surface area contributed by atoms with Crippen molar-refractivity contribution in [3.63, 3.8) is 0 Å². The van der Waals surface area contributed by atoms with Gasteiger partial charge in [-0.15, -0.1) is 0 Å². The minimum Gasteiger partial charge on any atom is -0.351 e. The molecular formula is C18H16BrClN2O2. The molecule has 0 aromatic heterocycles. The van der Waals surface area contributed by atoms with Crippen LogP contribution < -0.4 is 10.2 Å². The Kier molecular flexibility index (Phi) is 5.21. The first-order chi connectivity index (χ1) is 11.5. The van der Waals surface area contributed by atoms with Gasteiger partial charge in [0.2, 0.25) is 11.8 Å². The normalized spacial score (nSPS) is 17.2. The summed E-state index contributed by atoms with van der Waals surface area (Å²) in [6.45, 7) is 0.943. The van der Waals surface area contributed by atoms with E-state index in [1.54, 1.807) is 29.2 Å². The Morgan fingerprint density at radius 3 is 2.71 bits per heavy atom. The average Bonchev–Trinajstić information content (AvgIpc) is 2.95. The molecule has 1 N–H and O–H groups in total. The molecule has 0 spiro atoms. The van der Waals surface area contributed by atoms with Gasteiger partial charge in [0.15, 0.2) is 0 Å². The van der Waals surface area contributed by atoms with Gasteiger partial charge in [-0.3, -0.25) is 9.59 Å². The molecule has 0 aliphatic carbocycles. The Bertz CT molecular complexity index is 764. The topological polar surface area (TPSA) is 49.4 Å². The molecule has 0 radical (unpaired) electrons. The zero-order chi connectivity index (χ0) is 17.1. The van der Waals surface area contributed by atoms with Gasteiger partial charge >= 0.3 is 0 Å². The summed E-state index contributed by atoms with van der Waals surface area (Å²) in [5.41, 5.74) is 1.75. The molecule has 0 saturated carbocycles. The summed E-state index contributed by atoms with van der Waals surface area (Å²) in [5, 5.41) is 3.47. The molecule has 124 valence electrons. The number of nitrogens with one attached hydrogen (secondary N) is 1. The molecule has 2 amide bonds. The fourth-order valence-electron chi connectivity index (χ4n) is 2.76. The largest absolute Gasteiger partial charge is 0.351 e. The van der Waals surface area contributed by atoms with Crippen LogP contribution in [0, 0.1) is 5.92 Å². The predicted octanol–water partition coefficient (Wildman–Crippen LogP) is 3.77. The third kappa shape index (κ3) is 3.79. The summed E-state index contributed by atoms with van der Waals surface area (Å²) < 4.78 is 0.958. The lowest BCUT2D eigenvalue weighted by Crippen LogP contribution is -2.36. The molecule has 1 aliphatic rings. The van der Waals surface area contributed by atoms with Gasteiger partial charge in [0.25, 0.3) is 0 Å². The number of carbonyl (C=O) groups excluding carboxylic acids is 2. The molecule has 0 bridgehead atoms. The van der Waals surface area contributed by atoms with Crippen LogP contribution in [-0.2, 0) is 16.1 Å². The fraction of sp³-hybridized carbons (Fsp3) is 0.222. The molecule has 6 heteroatoms. The average molecular weight is 408 g/mol. The van der Waals surface area contributed by atoms with E-state index in [4.69, 9.17) is 11.6 Å². The molecule has 2 aromatic rings. The summed E-state index contributed by atoms with van der Waals surface area (Å²) >= 11 is 9.27. The molecule has 24 heavy (non-hydrogen) atoms. The molecule has 1 saturated heterocycles. The highest BCUT2D eigenvalue weighted by Crippen LogP contribution is 2.26. The first-order valence-electron chi connectivity index (χ1n) is 7.64. The number of nitrogens with zero attached hydrogens (tertiary/aromatic N) is 1. The van der Waals surface area contributed by atoms with Gasteiger partial charge in [0.1, 0.15) is 5.92 Å². The van der Waals surface area contributed by atoms with Crippen molar-refractivity contribution in [3.05, 3.63) is 63.6 Å². The van der Waals surface area contributed by atoms with Crippen LogP contribution in [0.15, 0.2) is 53.0 Å². The summed E-state index contributed by atoms with van der Waals surface area (Å²) in [7, 11) is 0. The van der Waals surface area contributed by atoms with Crippen molar-refractivity contribution in [3.8, 4) is 0 Å². The third-order valence-electron chi connectivity index (χ3n) is 4.02. The van der Waals surface area contributed by atoms with Gasteiger partial charge in [-0.25, -0.2) is 0 Å². The number of carbonyl (C=O) groups is 2. The fourth-order valence-corrected chi connectivity index (χ4v) is 3.33. The smallest absolute Gasteiger partial charge is 0.239 e. The Morgan fingerprint density at radius 1 is 1.25 bits per heavy atom. The van der Waals surface area contributed by atoms with E-state index >= 15 is 0 Å². The Morgan fingerprint density at radius 2 is 2.00 bits per heavy atom. The summed E-state index contributed by atoms with van der Waals surface area (Å²) in [5.74, 6) is -1.02. The Labute approximate surface area is 153 Å². The van der Waals surface area contributed by atoms with Gasteiger partial charge < -0.3 is 10.2 Å². The minimum absolute atomic E-state index is 0.163. The number of hydrogen-bond acceptors (Lipinski definition) is 2. The molecule has 1 aliphatic heterocycles. The lowest BCUT2D eigenvalue weighted by Gasteiger charge is -2.17. The van der Waals surface area contributed by atoms with Crippen LogP contribution in [0.5, 0.6) is 0 Å². The number of benzene rings is 2. The highest BCUT2D eigenvalue weighted by Gasteiger charge is 2.37. The third-order valence-corrected chi connectivity index (χ3v) is 4.76. The van der Waals surface area contributed by atoms with Crippen molar-refractivity contribution in [2.45, 2.75) is 13.0 Å². The van der Waals surface area contributed by atoms with Gasteiger partial charge in [0.05, 0.1) is 0 Å². The monoisotopic (exact) mass is 406 g/mol. The molecule has 3 rings (SSSR count). The van der Waals surface area contributed by atoms with E-state index < -0.39 is 5.92 Å². The Hall–Kier alpha value is -1.85. The van der Waals surface area contributed by atoms with E-state index in [9.17, 15) is 9.59 Å². The SMILES string of the molecule is O=C(NCc1cccc(Br)c1)C1CCN(c2ccc(Cl)cc2)C1=O. The molecule has 4 nitrogen and oxygen atoms in total. The zero-order valence-electron chi connectivity index (χ0n) is 12.8. The van der Waals surface area contributed by atoms with E-state index in [1.807, 2.05) is 24.3 Å². The van der Waals surface area contributed by atoms with Gasteiger partial charge in [-0.1, -0.05) is 39.7 Å². The Balaban J connectivity index is 1.62. The maximum atomic E-state index is 12.5. The standard InChI is InChI=1S/C18H16BrClN2O2/c19-13-3-1-2-12(10-13)11-21-17(23)16-8-9-22(18(16)24)15-6-4-14(20)5-7-15/h1-7,10,16H,8-9,11H2,(H,21,23).